The number of hydrogen-bond donors (Lipinski definition) is 2. The Morgan fingerprint density at radius 3 is 3.00 bits per heavy atom. The minimum atomic E-state index is 0.749. The van der Waals surface area contributed by atoms with E-state index in [0.29, 0.717) is 0 Å². The molecule has 2 heterocycles. The second kappa shape index (κ2) is 7.40. The van der Waals surface area contributed by atoms with Gasteiger partial charge in [0.2, 0.25) is 0 Å². The van der Waals surface area contributed by atoms with E-state index in [1.807, 2.05) is 7.05 Å². The Morgan fingerprint density at radius 2 is 2.39 bits per heavy atom. The molecule has 1 saturated heterocycles. The highest BCUT2D eigenvalue weighted by Gasteiger charge is 2.15. The van der Waals surface area contributed by atoms with Crippen LogP contribution in [0.4, 0.5) is 0 Å². The zero-order valence-corrected chi connectivity index (χ0v) is 13.6. The number of rotatable bonds is 4. The molecule has 1 unspecified atom stereocenters. The van der Waals surface area contributed by atoms with E-state index in [0.717, 1.165) is 24.3 Å². The molecule has 2 rings (SSSR count). The summed E-state index contributed by atoms with van der Waals surface area (Å²) in [6.07, 6.45) is 2.68. The van der Waals surface area contributed by atoms with E-state index in [4.69, 9.17) is 0 Å². The van der Waals surface area contributed by atoms with Crippen LogP contribution in [0.15, 0.2) is 20.9 Å². The van der Waals surface area contributed by atoms with Crippen LogP contribution in [0.2, 0.25) is 0 Å². The third-order valence-electron chi connectivity index (χ3n) is 2.80. The summed E-state index contributed by atoms with van der Waals surface area (Å²) in [6, 6.07) is 4.20. The van der Waals surface area contributed by atoms with Gasteiger partial charge in [-0.3, -0.25) is 4.99 Å². The summed E-state index contributed by atoms with van der Waals surface area (Å²) in [5, 5.41) is 7.49. The van der Waals surface area contributed by atoms with Crippen LogP contribution in [0.3, 0.4) is 0 Å². The molecule has 1 aromatic rings. The van der Waals surface area contributed by atoms with E-state index in [1.165, 1.54) is 27.3 Å². The van der Waals surface area contributed by atoms with Gasteiger partial charge in [-0.15, -0.1) is 11.3 Å². The van der Waals surface area contributed by atoms with Crippen molar-refractivity contribution in [2.75, 3.05) is 19.3 Å². The third kappa shape index (κ3) is 4.48. The lowest BCUT2D eigenvalue weighted by Crippen LogP contribution is -2.39. The number of aliphatic imine (C=N–C) groups is 1. The van der Waals surface area contributed by atoms with Crippen LogP contribution in [0, 0.1) is 0 Å². The van der Waals surface area contributed by atoms with Crippen molar-refractivity contribution in [3.63, 3.8) is 0 Å². The van der Waals surface area contributed by atoms with Gasteiger partial charge >= 0.3 is 0 Å². The fourth-order valence-corrected chi connectivity index (χ4v) is 4.48. The lowest BCUT2D eigenvalue weighted by molar-refractivity contribution is 0.727. The van der Waals surface area contributed by atoms with Crippen molar-refractivity contribution < 1.29 is 0 Å². The lowest BCUT2D eigenvalue weighted by Gasteiger charge is -2.14. The van der Waals surface area contributed by atoms with Gasteiger partial charge in [-0.25, -0.2) is 0 Å². The minimum absolute atomic E-state index is 0.749. The molecule has 18 heavy (non-hydrogen) atoms. The smallest absolute Gasteiger partial charge is 0.191 e. The van der Waals surface area contributed by atoms with Crippen LogP contribution in [-0.2, 0) is 6.54 Å². The zero-order valence-electron chi connectivity index (χ0n) is 10.4. The molecule has 1 aromatic heterocycles. The first-order valence-electron chi connectivity index (χ1n) is 6.08. The zero-order chi connectivity index (χ0) is 12.8. The molecule has 2 N–H and O–H groups in total. The number of guanidine groups is 1. The quantitative estimate of drug-likeness (QED) is 0.649. The molecule has 100 valence electrons. The second-order valence-corrected chi connectivity index (χ2v) is 8.10. The maximum Gasteiger partial charge on any atom is 0.191 e. The molecule has 0 radical (unpaired) electrons. The number of nitrogens with zero attached hydrogens (tertiary/aromatic N) is 1. The number of hydrogen-bond acceptors (Lipinski definition) is 3. The van der Waals surface area contributed by atoms with Crippen molar-refractivity contribution in [2.45, 2.75) is 24.6 Å². The average Bonchev–Trinajstić information content (AvgIpc) is 3.01. The fraction of sp³-hybridized carbons (Fsp3) is 0.583. The van der Waals surface area contributed by atoms with Crippen molar-refractivity contribution in [2.24, 2.45) is 4.99 Å². The molecule has 0 bridgehead atoms. The Bertz CT molecular complexity index is 400. The topological polar surface area (TPSA) is 36.4 Å². The van der Waals surface area contributed by atoms with E-state index in [1.54, 1.807) is 11.3 Å². The van der Waals surface area contributed by atoms with Crippen LogP contribution in [-0.4, -0.2) is 30.6 Å². The SMILES string of the molecule is CN=C(NCc1ccc(Br)s1)NCC1CCCS1. The first-order chi connectivity index (χ1) is 8.78. The predicted molar refractivity (Wildman–Crippen MR) is 85.7 cm³/mol. The minimum Gasteiger partial charge on any atom is -0.355 e. The van der Waals surface area contributed by atoms with Crippen LogP contribution >= 0.6 is 39.0 Å². The van der Waals surface area contributed by atoms with Gasteiger partial charge in [0.25, 0.3) is 0 Å². The van der Waals surface area contributed by atoms with Gasteiger partial charge in [0.05, 0.1) is 10.3 Å². The first kappa shape index (κ1) is 14.2. The van der Waals surface area contributed by atoms with Crippen LogP contribution < -0.4 is 10.6 Å². The molecule has 0 aliphatic carbocycles. The maximum absolute atomic E-state index is 4.25. The van der Waals surface area contributed by atoms with Gasteiger partial charge < -0.3 is 10.6 Å². The molecule has 1 aliphatic heterocycles. The molecule has 0 spiro atoms. The summed E-state index contributed by atoms with van der Waals surface area (Å²) in [6.45, 7) is 1.84. The molecule has 6 heteroatoms. The summed E-state index contributed by atoms with van der Waals surface area (Å²) < 4.78 is 1.17. The van der Waals surface area contributed by atoms with Crippen molar-refractivity contribution in [3.05, 3.63) is 20.8 Å². The molecule has 3 nitrogen and oxygen atoms in total. The van der Waals surface area contributed by atoms with Crippen LogP contribution in [0.1, 0.15) is 17.7 Å². The molecule has 0 aromatic carbocycles. The highest BCUT2D eigenvalue weighted by Crippen LogP contribution is 2.25. The Morgan fingerprint density at radius 1 is 1.50 bits per heavy atom. The first-order valence-corrected chi connectivity index (χ1v) is 8.74. The average molecular weight is 348 g/mol. The Kier molecular flexibility index (Phi) is 5.85. The molecular weight excluding hydrogens is 330 g/mol. The van der Waals surface area contributed by atoms with Gasteiger partial charge in [-0.05, 0) is 46.7 Å². The van der Waals surface area contributed by atoms with E-state index in [9.17, 15) is 0 Å². The molecular formula is C12H18BrN3S2. The Labute approximate surface area is 125 Å². The van der Waals surface area contributed by atoms with E-state index < -0.39 is 0 Å². The summed E-state index contributed by atoms with van der Waals surface area (Å²) >= 11 is 7.29. The van der Waals surface area contributed by atoms with Gasteiger partial charge in [-0.1, -0.05) is 0 Å². The largest absolute Gasteiger partial charge is 0.355 e. The second-order valence-electron chi connectivity index (χ2n) is 4.15. The maximum atomic E-state index is 4.25. The van der Waals surface area contributed by atoms with Crippen LogP contribution in [0.25, 0.3) is 0 Å². The lowest BCUT2D eigenvalue weighted by atomic mass is 10.2. The molecule has 0 amide bonds. The number of nitrogens with one attached hydrogen (secondary N) is 2. The van der Waals surface area contributed by atoms with Crippen LogP contribution in [0.5, 0.6) is 0 Å². The highest BCUT2D eigenvalue weighted by molar-refractivity contribution is 9.11. The molecule has 0 saturated carbocycles. The molecule has 1 atom stereocenters. The monoisotopic (exact) mass is 347 g/mol. The van der Waals surface area contributed by atoms with E-state index in [2.05, 4.69) is 55.5 Å². The summed E-state index contributed by atoms with van der Waals surface area (Å²) in [5.74, 6) is 2.20. The normalized spacial score (nSPS) is 20.1. The van der Waals surface area contributed by atoms with E-state index >= 15 is 0 Å². The van der Waals surface area contributed by atoms with Gasteiger partial charge in [0, 0.05) is 23.7 Å². The third-order valence-corrected chi connectivity index (χ3v) is 5.83. The summed E-state index contributed by atoms with van der Waals surface area (Å²) in [4.78, 5) is 5.55. The van der Waals surface area contributed by atoms with Gasteiger partial charge in [-0.2, -0.15) is 11.8 Å². The number of halogens is 1. The Balaban J connectivity index is 1.72. The van der Waals surface area contributed by atoms with Gasteiger partial charge in [0.15, 0.2) is 5.96 Å². The standard InChI is InChI=1S/C12H18BrN3S2/c1-14-12(15-7-9-3-2-6-17-9)16-8-10-4-5-11(13)18-10/h4-5,9H,2-3,6-8H2,1H3,(H2,14,15,16). The van der Waals surface area contributed by atoms with E-state index in [-0.39, 0.29) is 0 Å². The van der Waals surface area contributed by atoms with Crippen molar-refractivity contribution in [1.82, 2.24) is 10.6 Å². The summed E-state index contributed by atoms with van der Waals surface area (Å²) in [7, 11) is 1.82. The fourth-order valence-electron chi connectivity index (χ4n) is 1.85. The summed E-state index contributed by atoms with van der Waals surface area (Å²) in [5.41, 5.74) is 0. The van der Waals surface area contributed by atoms with Gasteiger partial charge in [0.1, 0.15) is 0 Å². The number of thioether (sulfide) groups is 1. The van der Waals surface area contributed by atoms with Crippen molar-refractivity contribution >= 4 is 45.0 Å². The molecule has 1 fully saturated rings. The number of thiophene rings is 1. The highest BCUT2D eigenvalue weighted by atomic mass is 79.9. The van der Waals surface area contributed by atoms with Crippen molar-refractivity contribution in [1.29, 1.82) is 0 Å². The predicted octanol–water partition coefficient (Wildman–Crippen LogP) is 3.07. The Hall–Kier alpha value is -0.200. The molecule has 1 aliphatic rings. The van der Waals surface area contributed by atoms with Crippen molar-refractivity contribution in [3.8, 4) is 0 Å².